The number of carbonyl (C=O) groups excluding carboxylic acids is 2. The van der Waals surface area contributed by atoms with Crippen molar-refractivity contribution in [3.8, 4) is 0 Å². The van der Waals surface area contributed by atoms with E-state index in [1.54, 1.807) is 6.92 Å². The molecule has 0 radical (unpaired) electrons. The van der Waals surface area contributed by atoms with Gasteiger partial charge in [0.15, 0.2) is 0 Å². The van der Waals surface area contributed by atoms with E-state index in [0.29, 0.717) is 18.6 Å². The average Bonchev–Trinajstić information content (AvgIpc) is 3.05. The second-order valence-corrected chi connectivity index (χ2v) is 8.52. The molecular weight excluding hydrogens is 372 g/mol. The molecule has 1 saturated heterocycles. The summed E-state index contributed by atoms with van der Waals surface area (Å²) in [6.45, 7) is 5.13. The van der Waals surface area contributed by atoms with Crippen LogP contribution in [0.1, 0.15) is 31.4 Å². The maximum Gasteiger partial charge on any atom is 0.256 e. The van der Waals surface area contributed by atoms with E-state index in [1.165, 1.54) is 11.0 Å². The zero-order valence-corrected chi connectivity index (χ0v) is 16.4. The van der Waals surface area contributed by atoms with E-state index in [1.807, 2.05) is 30.3 Å². The number of nitrogens with one attached hydrogen (secondary N) is 1. The Kier molecular flexibility index (Phi) is 6.88. The van der Waals surface area contributed by atoms with E-state index in [0.717, 1.165) is 5.56 Å². The molecule has 6 nitrogen and oxygen atoms in total. The molecule has 1 aromatic rings. The van der Waals surface area contributed by atoms with E-state index < -0.39 is 22.0 Å². The van der Waals surface area contributed by atoms with E-state index in [-0.39, 0.29) is 23.6 Å². The Balaban J connectivity index is 2.31. The Bertz CT molecular complexity index is 765. The number of sulfonamides is 1. The van der Waals surface area contributed by atoms with E-state index in [9.17, 15) is 18.0 Å². The summed E-state index contributed by atoms with van der Waals surface area (Å²) in [5.41, 5.74) is 0.927. The van der Waals surface area contributed by atoms with Gasteiger partial charge in [0, 0.05) is 11.7 Å². The predicted molar refractivity (Wildman–Crippen MR) is 104 cm³/mol. The maximum absolute atomic E-state index is 12.9. The van der Waals surface area contributed by atoms with Crippen LogP contribution in [0.2, 0.25) is 0 Å². The molecule has 0 spiro atoms. The molecule has 1 aliphatic rings. The Hall–Kier alpha value is -1.80. The van der Waals surface area contributed by atoms with Crippen LogP contribution in [0.3, 0.4) is 0 Å². The van der Waals surface area contributed by atoms with Gasteiger partial charge in [-0.15, -0.1) is 6.58 Å². The first-order chi connectivity index (χ1) is 12.3. The maximum atomic E-state index is 12.9. The molecule has 2 rings (SSSR count). The van der Waals surface area contributed by atoms with Crippen LogP contribution in [0.15, 0.2) is 43.0 Å². The van der Waals surface area contributed by atoms with E-state index in [2.05, 4.69) is 23.9 Å². The molecular formula is C18H24N2O4S2. The second kappa shape index (κ2) is 8.73. The topological polar surface area (TPSA) is 83.6 Å². The number of benzene rings is 1. The molecule has 1 fully saturated rings. The van der Waals surface area contributed by atoms with Crippen molar-refractivity contribution >= 4 is 34.5 Å². The molecule has 1 aromatic carbocycles. The van der Waals surface area contributed by atoms with Crippen LogP contribution in [0.4, 0.5) is 0 Å². The number of amides is 2. The molecule has 0 aliphatic carbocycles. The number of hydrogen-bond acceptors (Lipinski definition) is 5. The van der Waals surface area contributed by atoms with Gasteiger partial charge in [-0.05, 0) is 18.4 Å². The number of carbonyl (C=O) groups is 2. The SMILES string of the molecule is C=CCS(=O)(=O)NC(=O)[C@@H]1CCC(c2ccccc2)N1C(=O)C(C)CS. The van der Waals surface area contributed by atoms with Crippen molar-refractivity contribution in [1.29, 1.82) is 0 Å². The first kappa shape index (κ1) is 20.5. The highest BCUT2D eigenvalue weighted by atomic mass is 32.2. The normalized spacial score (nSPS) is 21.2. The third-order valence-corrected chi connectivity index (χ3v) is 6.15. The Labute approximate surface area is 160 Å². The molecule has 26 heavy (non-hydrogen) atoms. The van der Waals surface area contributed by atoms with Gasteiger partial charge in [-0.3, -0.25) is 14.3 Å². The molecule has 1 N–H and O–H groups in total. The van der Waals surface area contributed by atoms with Crippen LogP contribution >= 0.6 is 12.6 Å². The minimum absolute atomic E-state index is 0.201. The first-order valence-corrected chi connectivity index (χ1v) is 10.7. The zero-order valence-electron chi connectivity index (χ0n) is 14.7. The summed E-state index contributed by atoms with van der Waals surface area (Å²) in [5, 5.41) is 0. The van der Waals surface area contributed by atoms with Crippen molar-refractivity contribution in [2.75, 3.05) is 11.5 Å². The van der Waals surface area contributed by atoms with Gasteiger partial charge in [-0.25, -0.2) is 8.42 Å². The lowest BCUT2D eigenvalue weighted by Crippen LogP contribution is -2.50. The highest BCUT2D eigenvalue weighted by molar-refractivity contribution is 7.90. The fraction of sp³-hybridized carbons (Fsp3) is 0.444. The van der Waals surface area contributed by atoms with Gasteiger partial charge in [-0.1, -0.05) is 43.3 Å². The van der Waals surface area contributed by atoms with Crippen LogP contribution in [0.25, 0.3) is 0 Å². The summed E-state index contributed by atoms with van der Waals surface area (Å²) in [7, 11) is -3.80. The van der Waals surface area contributed by atoms with Crippen molar-refractivity contribution in [3.63, 3.8) is 0 Å². The smallest absolute Gasteiger partial charge is 0.256 e. The predicted octanol–water partition coefficient (Wildman–Crippen LogP) is 1.92. The molecule has 0 bridgehead atoms. The highest BCUT2D eigenvalue weighted by Gasteiger charge is 2.43. The Morgan fingerprint density at radius 1 is 1.35 bits per heavy atom. The van der Waals surface area contributed by atoms with Crippen molar-refractivity contribution in [2.24, 2.45) is 5.92 Å². The van der Waals surface area contributed by atoms with Gasteiger partial charge in [0.25, 0.3) is 5.91 Å². The lowest BCUT2D eigenvalue weighted by Gasteiger charge is -2.32. The molecule has 0 aromatic heterocycles. The summed E-state index contributed by atoms with van der Waals surface area (Å²) in [5.74, 6) is -1.26. The number of thiol groups is 1. The van der Waals surface area contributed by atoms with E-state index >= 15 is 0 Å². The van der Waals surface area contributed by atoms with Crippen LogP contribution in [-0.4, -0.2) is 42.7 Å². The quantitative estimate of drug-likeness (QED) is 0.545. The van der Waals surface area contributed by atoms with Gasteiger partial charge in [0.1, 0.15) is 6.04 Å². The summed E-state index contributed by atoms with van der Waals surface area (Å²) < 4.78 is 25.9. The van der Waals surface area contributed by atoms with Gasteiger partial charge < -0.3 is 4.90 Å². The molecule has 2 amide bonds. The van der Waals surface area contributed by atoms with Crippen molar-refractivity contribution in [2.45, 2.75) is 31.8 Å². The average molecular weight is 397 g/mol. The number of hydrogen-bond donors (Lipinski definition) is 2. The summed E-state index contributed by atoms with van der Waals surface area (Å²) >= 11 is 4.19. The summed E-state index contributed by atoms with van der Waals surface area (Å²) in [6, 6.07) is 8.37. The number of nitrogens with zero attached hydrogens (tertiary/aromatic N) is 1. The van der Waals surface area contributed by atoms with Crippen LogP contribution in [0, 0.1) is 5.92 Å². The highest BCUT2D eigenvalue weighted by Crippen LogP contribution is 2.37. The fourth-order valence-electron chi connectivity index (χ4n) is 3.13. The van der Waals surface area contributed by atoms with Crippen molar-refractivity contribution in [3.05, 3.63) is 48.6 Å². The fourth-order valence-corrected chi connectivity index (χ4v) is 4.12. The van der Waals surface area contributed by atoms with Crippen LogP contribution < -0.4 is 4.72 Å². The third-order valence-electron chi connectivity index (χ3n) is 4.42. The molecule has 0 saturated carbocycles. The number of likely N-dealkylation sites (tertiary alicyclic amines) is 1. The van der Waals surface area contributed by atoms with Crippen LogP contribution in [-0.2, 0) is 19.6 Å². The third kappa shape index (κ3) is 4.67. The zero-order chi connectivity index (χ0) is 19.3. The van der Waals surface area contributed by atoms with Gasteiger partial charge >= 0.3 is 0 Å². The van der Waals surface area contributed by atoms with Crippen molar-refractivity contribution < 1.29 is 18.0 Å². The molecule has 1 aliphatic heterocycles. The van der Waals surface area contributed by atoms with Gasteiger partial charge in [0.2, 0.25) is 15.9 Å². The molecule has 142 valence electrons. The minimum atomic E-state index is -3.80. The standard InChI is InChI=1S/C18H24N2O4S2/c1-3-11-26(23,24)19-17(21)16-10-9-15(14-7-5-4-6-8-14)20(16)18(22)13(2)12-25/h3-8,13,15-16,25H,1,9-12H2,2H3,(H,19,21)/t13?,15?,16-/m0/s1. The summed E-state index contributed by atoms with van der Waals surface area (Å²) in [4.78, 5) is 27.0. The molecule has 8 heteroatoms. The first-order valence-electron chi connectivity index (χ1n) is 8.44. The largest absolute Gasteiger partial charge is 0.323 e. The second-order valence-electron chi connectivity index (χ2n) is 6.39. The monoisotopic (exact) mass is 396 g/mol. The minimum Gasteiger partial charge on any atom is -0.323 e. The van der Waals surface area contributed by atoms with Crippen molar-refractivity contribution in [1.82, 2.24) is 9.62 Å². The molecule has 1 heterocycles. The Morgan fingerprint density at radius 2 is 2.00 bits per heavy atom. The number of rotatable bonds is 7. The van der Waals surface area contributed by atoms with Gasteiger partial charge in [0.05, 0.1) is 11.8 Å². The van der Waals surface area contributed by atoms with Crippen LogP contribution in [0.5, 0.6) is 0 Å². The summed E-state index contributed by atoms with van der Waals surface area (Å²) in [6.07, 6.45) is 2.21. The molecule has 2 unspecified atom stereocenters. The van der Waals surface area contributed by atoms with E-state index in [4.69, 9.17) is 0 Å². The molecule has 3 atom stereocenters. The lowest BCUT2D eigenvalue weighted by molar-refractivity contribution is -0.142. The lowest BCUT2D eigenvalue weighted by atomic mass is 10.0. The van der Waals surface area contributed by atoms with Gasteiger partial charge in [-0.2, -0.15) is 12.6 Å². The Morgan fingerprint density at radius 3 is 2.58 bits per heavy atom.